The van der Waals surface area contributed by atoms with Crippen LogP contribution in [-0.4, -0.2) is 50.7 Å². The van der Waals surface area contributed by atoms with Gasteiger partial charge in [0, 0.05) is 19.2 Å². The first-order valence-corrected chi connectivity index (χ1v) is 10.8. The molecule has 0 radical (unpaired) electrons. The predicted octanol–water partition coefficient (Wildman–Crippen LogP) is 3.85. The highest BCUT2D eigenvalue weighted by Gasteiger charge is 2.33. The van der Waals surface area contributed by atoms with Crippen LogP contribution in [0.15, 0.2) is 78.9 Å². The molecule has 0 saturated carbocycles. The van der Waals surface area contributed by atoms with Gasteiger partial charge in [0.05, 0.1) is 25.9 Å². The van der Waals surface area contributed by atoms with Crippen molar-refractivity contribution in [3.8, 4) is 11.5 Å². The molecule has 1 fully saturated rings. The molecule has 4 rings (SSSR count). The first-order valence-electron chi connectivity index (χ1n) is 10.8. The summed E-state index contributed by atoms with van der Waals surface area (Å²) >= 11 is 0. The van der Waals surface area contributed by atoms with E-state index in [1.54, 1.807) is 42.2 Å². The number of nitrogens with zero attached hydrogens (tertiary/aromatic N) is 2. The van der Waals surface area contributed by atoms with Crippen LogP contribution in [0.4, 0.5) is 10.5 Å². The lowest BCUT2D eigenvalue weighted by Gasteiger charge is -2.23. The lowest BCUT2D eigenvalue weighted by Crippen LogP contribution is -2.41. The Balaban J connectivity index is 1.48. The molecule has 33 heavy (non-hydrogen) atoms. The SMILES string of the molecule is COc1ccc(OC)c(N2CCN(CC(=O)NC(c3ccccc3)c3ccccc3)C2=O)c1. The van der Waals surface area contributed by atoms with Crippen molar-refractivity contribution >= 4 is 17.6 Å². The van der Waals surface area contributed by atoms with E-state index in [0.29, 0.717) is 30.3 Å². The molecule has 0 aromatic heterocycles. The number of rotatable bonds is 8. The molecule has 7 heteroatoms. The summed E-state index contributed by atoms with van der Waals surface area (Å²) in [5, 5.41) is 3.10. The van der Waals surface area contributed by atoms with Crippen molar-refractivity contribution in [2.24, 2.45) is 0 Å². The van der Waals surface area contributed by atoms with Crippen LogP contribution in [0.25, 0.3) is 0 Å². The number of nitrogens with one attached hydrogen (secondary N) is 1. The zero-order valence-electron chi connectivity index (χ0n) is 18.7. The number of hydrogen-bond acceptors (Lipinski definition) is 4. The number of ether oxygens (including phenoxy) is 2. The summed E-state index contributed by atoms with van der Waals surface area (Å²) < 4.78 is 10.7. The van der Waals surface area contributed by atoms with Crippen LogP contribution in [0.1, 0.15) is 17.2 Å². The van der Waals surface area contributed by atoms with Gasteiger partial charge in [-0.05, 0) is 23.3 Å². The van der Waals surface area contributed by atoms with E-state index in [4.69, 9.17) is 9.47 Å². The van der Waals surface area contributed by atoms with E-state index in [1.165, 1.54) is 0 Å². The van der Waals surface area contributed by atoms with Gasteiger partial charge in [-0.15, -0.1) is 0 Å². The van der Waals surface area contributed by atoms with E-state index in [1.807, 2.05) is 60.7 Å². The molecule has 1 aliphatic heterocycles. The zero-order chi connectivity index (χ0) is 23.2. The predicted molar refractivity (Wildman–Crippen MR) is 127 cm³/mol. The smallest absolute Gasteiger partial charge is 0.325 e. The third-order valence-electron chi connectivity index (χ3n) is 5.68. The quantitative estimate of drug-likeness (QED) is 0.572. The third-order valence-corrected chi connectivity index (χ3v) is 5.68. The van der Waals surface area contributed by atoms with Crippen LogP contribution in [0, 0.1) is 0 Å². The average molecular weight is 446 g/mol. The molecule has 1 saturated heterocycles. The molecule has 1 heterocycles. The van der Waals surface area contributed by atoms with E-state index in [2.05, 4.69) is 5.32 Å². The van der Waals surface area contributed by atoms with Gasteiger partial charge in [-0.1, -0.05) is 60.7 Å². The maximum Gasteiger partial charge on any atom is 0.325 e. The Morgan fingerprint density at radius 3 is 2.12 bits per heavy atom. The first kappa shape index (κ1) is 22.2. The first-order chi connectivity index (χ1) is 16.1. The second kappa shape index (κ2) is 10.1. The minimum absolute atomic E-state index is 0.0300. The highest BCUT2D eigenvalue weighted by molar-refractivity contribution is 5.98. The van der Waals surface area contributed by atoms with E-state index in [9.17, 15) is 9.59 Å². The second-order valence-electron chi connectivity index (χ2n) is 7.72. The van der Waals surface area contributed by atoms with Crippen molar-refractivity contribution in [3.63, 3.8) is 0 Å². The van der Waals surface area contributed by atoms with Crippen molar-refractivity contribution < 1.29 is 19.1 Å². The fraction of sp³-hybridized carbons (Fsp3) is 0.231. The number of methoxy groups -OCH3 is 2. The summed E-state index contributed by atoms with van der Waals surface area (Å²) in [6, 6.07) is 24.4. The molecule has 0 spiro atoms. The van der Waals surface area contributed by atoms with Crippen LogP contribution < -0.4 is 19.7 Å². The number of carbonyl (C=O) groups is 2. The molecule has 3 amide bonds. The molecule has 1 aliphatic rings. The van der Waals surface area contributed by atoms with E-state index < -0.39 is 0 Å². The van der Waals surface area contributed by atoms with Gasteiger partial charge >= 0.3 is 6.03 Å². The largest absolute Gasteiger partial charge is 0.497 e. The maximum absolute atomic E-state index is 13.1. The molecule has 0 atom stereocenters. The Kier molecular flexibility index (Phi) is 6.78. The standard InChI is InChI=1S/C26H27N3O4/c1-32-21-13-14-23(33-2)22(17-21)29-16-15-28(26(29)31)18-24(30)27-25(19-9-5-3-6-10-19)20-11-7-4-8-12-20/h3-14,17,25H,15-16,18H2,1-2H3,(H,27,30). The highest BCUT2D eigenvalue weighted by atomic mass is 16.5. The molecule has 0 bridgehead atoms. The van der Waals surface area contributed by atoms with Crippen LogP contribution >= 0.6 is 0 Å². The van der Waals surface area contributed by atoms with Gasteiger partial charge in [0.2, 0.25) is 5.91 Å². The van der Waals surface area contributed by atoms with Crippen molar-refractivity contribution in [2.75, 3.05) is 38.8 Å². The van der Waals surface area contributed by atoms with Crippen molar-refractivity contribution in [1.29, 1.82) is 0 Å². The van der Waals surface area contributed by atoms with E-state index >= 15 is 0 Å². The lowest BCUT2D eigenvalue weighted by molar-refractivity contribution is -0.122. The van der Waals surface area contributed by atoms with Gasteiger partial charge in [-0.2, -0.15) is 0 Å². The average Bonchev–Trinajstić information content (AvgIpc) is 3.22. The third kappa shape index (κ3) is 4.92. The maximum atomic E-state index is 13.1. The monoisotopic (exact) mass is 445 g/mol. The van der Waals surface area contributed by atoms with E-state index in [0.717, 1.165) is 11.1 Å². The molecule has 3 aromatic rings. The van der Waals surface area contributed by atoms with Crippen molar-refractivity contribution in [1.82, 2.24) is 10.2 Å². The summed E-state index contributed by atoms with van der Waals surface area (Å²) in [5.41, 5.74) is 2.58. The van der Waals surface area contributed by atoms with Gasteiger partial charge in [-0.25, -0.2) is 4.79 Å². The summed E-state index contributed by atoms with van der Waals surface area (Å²) in [7, 11) is 3.13. The van der Waals surface area contributed by atoms with Crippen LogP contribution in [0.5, 0.6) is 11.5 Å². The summed E-state index contributed by atoms with van der Waals surface area (Å²) in [6.07, 6.45) is 0. The Labute approximate surface area is 193 Å². The lowest BCUT2D eigenvalue weighted by atomic mass is 9.99. The molecule has 170 valence electrons. The fourth-order valence-electron chi connectivity index (χ4n) is 3.99. The number of anilines is 1. The molecular weight excluding hydrogens is 418 g/mol. The fourth-order valence-corrected chi connectivity index (χ4v) is 3.99. The van der Waals surface area contributed by atoms with Gasteiger partial charge in [0.1, 0.15) is 18.0 Å². The minimum atomic E-state index is -0.299. The Bertz CT molecular complexity index is 1070. The molecule has 0 unspecified atom stereocenters. The van der Waals surface area contributed by atoms with E-state index in [-0.39, 0.29) is 24.5 Å². The summed E-state index contributed by atoms with van der Waals surface area (Å²) in [5.74, 6) is 0.979. The Morgan fingerprint density at radius 2 is 1.55 bits per heavy atom. The number of amides is 3. The molecule has 0 aliphatic carbocycles. The second-order valence-corrected chi connectivity index (χ2v) is 7.72. The van der Waals surface area contributed by atoms with Gasteiger partial charge in [0.15, 0.2) is 0 Å². The number of hydrogen-bond donors (Lipinski definition) is 1. The Hall–Kier alpha value is -4.00. The normalized spacial score (nSPS) is 13.4. The number of carbonyl (C=O) groups excluding carboxylic acids is 2. The van der Waals surface area contributed by atoms with Gasteiger partial charge in [0.25, 0.3) is 0 Å². The molecule has 7 nitrogen and oxygen atoms in total. The number of urea groups is 1. The van der Waals surface area contributed by atoms with Crippen molar-refractivity contribution in [2.45, 2.75) is 6.04 Å². The number of benzene rings is 3. The zero-order valence-corrected chi connectivity index (χ0v) is 18.7. The molecule has 3 aromatic carbocycles. The van der Waals surface area contributed by atoms with Gasteiger partial charge < -0.3 is 19.7 Å². The summed E-state index contributed by atoms with van der Waals surface area (Å²) in [4.78, 5) is 29.3. The topological polar surface area (TPSA) is 71.1 Å². The summed E-state index contributed by atoms with van der Waals surface area (Å²) in [6.45, 7) is 0.863. The highest BCUT2D eigenvalue weighted by Crippen LogP contribution is 2.34. The van der Waals surface area contributed by atoms with Crippen molar-refractivity contribution in [3.05, 3.63) is 90.0 Å². The Morgan fingerprint density at radius 1 is 0.909 bits per heavy atom. The van der Waals surface area contributed by atoms with Crippen LogP contribution in [0.2, 0.25) is 0 Å². The molecular formula is C26H27N3O4. The van der Waals surface area contributed by atoms with Crippen LogP contribution in [-0.2, 0) is 4.79 Å². The van der Waals surface area contributed by atoms with Crippen LogP contribution in [0.3, 0.4) is 0 Å². The molecule has 1 N–H and O–H groups in total. The van der Waals surface area contributed by atoms with Gasteiger partial charge in [-0.3, -0.25) is 9.69 Å². The minimum Gasteiger partial charge on any atom is -0.497 e.